The van der Waals surface area contributed by atoms with Crippen molar-refractivity contribution in [2.45, 2.75) is 142 Å². The predicted molar refractivity (Wildman–Crippen MR) is 142 cm³/mol. The highest BCUT2D eigenvalue weighted by Gasteiger charge is 2.23. The first-order valence-electron chi connectivity index (χ1n) is 14.5. The Kier molecular flexibility index (Phi) is 19.8. The lowest BCUT2D eigenvalue weighted by atomic mass is 9.82. The standard InChI is InChI=1S/C30H56O3/c1-4-5-6-7-8-9-10-11-12-13-14-15-16-17-18-19-23-32-25-28-21-20-22-29(24-28)26-33-30(31)27(2)3/h28-29H,2,4-26H2,1,3H3. The van der Waals surface area contributed by atoms with Gasteiger partial charge in [0.2, 0.25) is 0 Å². The molecule has 1 fully saturated rings. The van der Waals surface area contributed by atoms with Crippen LogP contribution in [0.25, 0.3) is 0 Å². The average molecular weight is 465 g/mol. The lowest BCUT2D eigenvalue weighted by Gasteiger charge is -2.28. The zero-order valence-corrected chi connectivity index (χ0v) is 22.4. The van der Waals surface area contributed by atoms with Crippen LogP contribution < -0.4 is 0 Å². The van der Waals surface area contributed by atoms with Crippen LogP contribution >= 0.6 is 0 Å². The monoisotopic (exact) mass is 464 g/mol. The highest BCUT2D eigenvalue weighted by molar-refractivity contribution is 5.86. The van der Waals surface area contributed by atoms with Gasteiger partial charge in [-0.15, -0.1) is 0 Å². The molecule has 0 saturated heterocycles. The van der Waals surface area contributed by atoms with Crippen molar-refractivity contribution in [3.05, 3.63) is 12.2 Å². The first kappa shape index (κ1) is 30.2. The van der Waals surface area contributed by atoms with Crippen LogP contribution in [0.5, 0.6) is 0 Å². The molecule has 0 heterocycles. The second-order valence-electron chi connectivity index (χ2n) is 10.7. The van der Waals surface area contributed by atoms with E-state index in [4.69, 9.17) is 9.47 Å². The van der Waals surface area contributed by atoms with E-state index in [0.29, 0.717) is 24.0 Å². The molecule has 1 aliphatic carbocycles. The average Bonchev–Trinajstić information content (AvgIpc) is 2.82. The summed E-state index contributed by atoms with van der Waals surface area (Å²) in [5.41, 5.74) is 0.490. The maximum atomic E-state index is 11.6. The number of ether oxygens (including phenoxy) is 2. The van der Waals surface area contributed by atoms with Crippen LogP contribution in [0, 0.1) is 11.8 Å². The SMILES string of the molecule is C=C(C)C(=O)OCC1CCCC(COCCCCCCCCCCCCCCCCCC)C1. The number of esters is 1. The molecule has 0 aliphatic heterocycles. The normalized spacial score (nSPS) is 18.4. The van der Waals surface area contributed by atoms with Gasteiger partial charge in [-0.1, -0.05) is 116 Å². The van der Waals surface area contributed by atoms with Gasteiger partial charge in [-0.25, -0.2) is 4.79 Å². The van der Waals surface area contributed by atoms with Crippen molar-refractivity contribution in [2.75, 3.05) is 19.8 Å². The number of hydrogen-bond donors (Lipinski definition) is 0. The van der Waals surface area contributed by atoms with Crippen LogP contribution in [-0.2, 0) is 14.3 Å². The molecule has 0 aromatic carbocycles. The van der Waals surface area contributed by atoms with Crippen molar-refractivity contribution in [3.8, 4) is 0 Å². The highest BCUT2D eigenvalue weighted by atomic mass is 16.5. The molecule has 0 aromatic rings. The summed E-state index contributed by atoms with van der Waals surface area (Å²) in [5.74, 6) is 0.872. The summed E-state index contributed by atoms with van der Waals surface area (Å²) in [4.78, 5) is 11.6. The molecule has 3 nitrogen and oxygen atoms in total. The molecule has 0 N–H and O–H groups in total. The van der Waals surface area contributed by atoms with Crippen LogP contribution in [0.3, 0.4) is 0 Å². The lowest BCUT2D eigenvalue weighted by molar-refractivity contribution is -0.140. The van der Waals surface area contributed by atoms with Crippen molar-refractivity contribution in [1.82, 2.24) is 0 Å². The van der Waals surface area contributed by atoms with Crippen LogP contribution in [0.2, 0.25) is 0 Å². The van der Waals surface area contributed by atoms with E-state index in [1.165, 1.54) is 122 Å². The first-order chi connectivity index (χ1) is 16.1. The van der Waals surface area contributed by atoms with E-state index in [2.05, 4.69) is 13.5 Å². The minimum absolute atomic E-state index is 0.253. The summed E-state index contributed by atoms with van der Waals surface area (Å²) in [5, 5.41) is 0. The Bertz CT molecular complexity index is 473. The third-order valence-electron chi connectivity index (χ3n) is 7.19. The molecule has 0 aromatic heterocycles. The molecular formula is C30H56O3. The van der Waals surface area contributed by atoms with E-state index < -0.39 is 0 Å². The molecule has 3 heteroatoms. The van der Waals surface area contributed by atoms with Crippen molar-refractivity contribution >= 4 is 5.97 Å². The molecular weight excluding hydrogens is 408 g/mol. The minimum Gasteiger partial charge on any atom is -0.462 e. The van der Waals surface area contributed by atoms with Crippen molar-refractivity contribution in [1.29, 1.82) is 0 Å². The van der Waals surface area contributed by atoms with Crippen molar-refractivity contribution in [3.63, 3.8) is 0 Å². The van der Waals surface area contributed by atoms with Crippen molar-refractivity contribution < 1.29 is 14.3 Å². The number of hydrogen-bond acceptors (Lipinski definition) is 3. The Hall–Kier alpha value is -0.830. The van der Waals surface area contributed by atoms with E-state index in [0.717, 1.165) is 19.6 Å². The zero-order valence-electron chi connectivity index (χ0n) is 22.4. The number of carbonyl (C=O) groups excluding carboxylic acids is 1. The molecule has 0 radical (unpaired) electrons. The second-order valence-corrected chi connectivity index (χ2v) is 10.7. The molecule has 194 valence electrons. The summed E-state index contributed by atoms with van der Waals surface area (Å²) in [6.07, 6.45) is 27.3. The van der Waals surface area contributed by atoms with Gasteiger partial charge >= 0.3 is 5.97 Å². The van der Waals surface area contributed by atoms with Gasteiger partial charge in [-0.05, 0) is 44.4 Å². The molecule has 1 aliphatic rings. The molecule has 0 bridgehead atoms. The fourth-order valence-electron chi connectivity index (χ4n) is 5.02. The molecule has 0 spiro atoms. The van der Waals surface area contributed by atoms with Crippen LogP contribution in [0.4, 0.5) is 0 Å². The quantitative estimate of drug-likeness (QED) is 0.0909. The molecule has 1 saturated carbocycles. The van der Waals surface area contributed by atoms with Crippen LogP contribution in [0.15, 0.2) is 12.2 Å². The zero-order chi connectivity index (χ0) is 24.0. The lowest BCUT2D eigenvalue weighted by Crippen LogP contribution is -2.24. The van der Waals surface area contributed by atoms with E-state index in [9.17, 15) is 4.79 Å². The van der Waals surface area contributed by atoms with Gasteiger partial charge < -0.3 is 9.47 Å². The number of carbonyl (C=O) groups is 1. The minimum atomic E-state index is -0.253. The summed E-state index contributed by atoms with van der Waals surface area (Å²) in [6.45, 7) is 9.98. The van der Waals surface area contributed by atoms with E-state index in [1.807, 2.05) is 0 Å². The Labute approximate surface area is 206 Å². The van der Waals surface area contributed by atoms with Crippen LogP contribution in [0.1, 0.15) is 142 Å². The van der Waals surface area contributed by atoms with Gasteiger partial charge in [-0.2, -0.15) is 0 Å². The molecule has 0 amide bonds. The third-order valence-corrected chi connectivity index (χ3v) is 7.19. The maximum Gasteiger partial charge on any atom is 0.333 e. The maximum absolute atomic E-state index is 11.6. The Morgan fingerprint density at radius 1 is 0.727 bits per heavy atom. The fraction of sp³-hybridized carbons (Fsp3) is 0.900. The van der Waals surface area contributed by atoms with E-state index >= 15 is 0 Å². The van der Waals surface area contributed by atoms with Gasteiger partial charge in [0.05, 0.1) is 6.61 Å². The Morgan fingerprint density at radius 3 is 1.67 bits per heavy atom. The molecule has 2 unspecified atom stereocenters. The summed E-state index contributed by atoms with van der Waals surface area (Å²) in [6, 6.07) is 0. The van der Waals surface area contributed by atoms with Gasteiger partial charge in [-0.3, -0.25) is 0 Å². The van der Waals surface area contributed by atoms with E-state index in [-0.39, 0.29) is 5.97 Å². The Balaban J connectivity index is 1.81. The number of rotatable bonds is 22. The third kappa shape index (κ3) is 18.2. The first-order valence-corrected chi connectivity index (χ1v) is 14.5. The smallest absolute Gasteiger partial charge is 0.333 e. The summed E-state index contributed by atoms with van der Waals surface area (Å²) in [7, 11) is 0. The van der Waals surface area contributed by atoms with Gasteiger partial charge in [0.25, 0.3) is 0 Å². The van der Waals surface area contributed by atoms with Gasteiger partial charge in [0, 0.05) is 18.8 Å². The summed E-state index contributed by atoms with van der Waals surface area (Å²) < 4.78 is 11.3. The van der Waals surface area contributed by atoms with Gasteiger partial charge in [0.15, 0.2) is 0 Å². The molecule has 2 atom stereocenters. The predicted octanol–water partition coefficient (Wildman–Crippen LogP) is 9.19. The fourth-order valence-corrected chi connectivity index (χ4v) is 5.02. The Morgan fingerprint density at radius 2 is 1.18 bits per heavy atom. The topological polar surface area (TPSA) is 35.5 Å². The second kappa shape index (κ2) is 21.7. The van der Waals surface area contributed by atoms with Gasteiger partial charge in [0.1, 0.15) is 0 Å². The van der Waals surface area contributed by atoms with Crippen molar-refractivity contribution in [2.24, 2.45) is 11.8 Å². The molecule has 1 rings (SSSR count). The van der Waals surface area contributed by atoms with Crippen LogP contribution in [-0.4, -0.2) is 25.8 Å². The summed E-state index contributed by atoms with van der Waals surface area (Å²) >= 11 is 0. The van der Waals surface area contributed by atoms with E-state index in [1.54, 1.807) is 6.92 Å². The molecule has 33 heavy (non-hydrogen) atoms. The number of unbranched alkanes of at least 4 members (excludes halogenated alkanes) is 15. The largest absolute Gasteiger partial charge is 0.462 e. The highest BCUT2D eigenvalue weighted by Crippen LogP contribution is 2.29.